The molecule has 1 aromatic rings. The Bertz CT molecular complexity index is 460. The number of hydrogen-bond acceptors (Lipinski definition) is 4. The van der Waals surface area contributed by atoms with Gasteiger partial charge in [0.2, 0.25) is 0 Å². The lowest BCUT2D eigenvalue weighted by molar-refractivity contribution is 0.169. The Morgan fingerprint density at radius 3 is 2.81 bits per heavy atom. The highest BCUT2D eigenvalue weighted by molar-refractivity contribution is 14.0. The summed E-state index contributed by atoms with van der Waals surface area (Å²) in [5.74, 6) is 3.55. The number of halogens is 1. The van der Waals surface area contributed by atoms with Crippen LogP contribution >= 0.6 is 24.0 Å². The van der Waals surface area contributed by atoms with Gasteiger partial charge in [-0.05, 0) is 0 Å². The molecule has 0 bridgehead atoms. The molecule has 7 heteroatoms. The quantitative estimate of drug-likeness (QED) is 0.268. The van der Waals surface area contributed by atoms with Gasteiger partial charge in [-0.1, -0.05) is 5.16 Å². The number of hydrogen-bond donors (Lipinski definition) is 1. The molecule has 2 heterocycles. The van der Waals surface area contributed by atoms with Crippen molar-refractivity contribution in [1.82, 2.24) is 20.3 Å². The molecule has 1 aliphatic rings. The van der Waals surface area contributed by atoms with Crippen molar-refractivity contribution in [3.8, 4) is 12.3 Å². The molecule has 2 rings (SSSR count). The Labute approximate surface area is 143 Å². The predicted molar refractivity (Wildman–Crippen MR) is 93.6 cm³/mol. The number of guanidine groups is 1. The van der Waals surface area contributed by atoms with Crippen molar-refractivity contribution < 1.29 is 4.52 Å². The summed E-state index contributed by atoms with van der Waals surface area (Å²) < 4.78 is 4.86. The normalized spacial score (nSPS) is 16.2. The van der Waals surface area contributed by atoms with Gasteiger partial charge in [-0.15, -0.1) is 36.3 Å². The summed E-state index contributed by atoms with van der Waals surface area (Å²) in [6, 6.07) is 1.91. The molecule has 1 fully saturated rings. The van der Waals surface area contributed by atoms with Crippen LogP contribution in [-0.2, 0) is 6.54 Å². The molecule has 0 aliphatic carbocycles. The average molecular weight is 403 g/mol. The molecular formula is C14H22IN5O. The van der Waals surface area contributed by atoms with Crippen molar-refractivity contribution in [3.05, 3.63) is 18.0 Å². The molecule has 1 aliphatic heterocycles. The number of terminal acetylenes is 1. The van der Waals surface area contributed by atoms with Gasteiger partial charge in [0.05, 0.1) is 5.69 Å². The van der Waals surface area contributed by atoms with E-state index < -0.39 is 0 Å². The van der Waals surface area contributed by atoms with Crippen molar-refractivity contribution in [2.24, 2.45) is 4.99 Å². The molecule has 0 amide bonds. The SMILES string of the molecule is C#CCCNC(=NC)N1CCN(Cc2ccon2)CC1.I. The van der Waals surface area contributed by atoms with Gasteiger partial charge in [0.15, 0.2) is 5.96 Å². The lowest BCUT2D eigenvalue weighted by Gasteiger charge is -2.36. The molecule has 0 aromatic carbocycles. The monoisotopic (exact) mass is 403 g/mol. The Morgan fingerprint density at radius 1 is 1.48 bits per heavy atom. The van der Waals surface area contributed by atoms with Crippen molar-refractivity contribution >= 4 is 29.9 Å². The van der Waals surface area contributed by atoms with Crippen LogP contribution in [0.1, 0.15) is 12.1 Å². The summed E-state index contributed by atoms with van der Waals surface area (Å²) in [4.78, 5) is 8.93. The molecular weight excluding hydrogens is 381 g/mol. The number of nitrogens with one attached hydrogen (secondary N) is 1. The summed E-state index contributed by atoms with van der Waals surface area (Å²) in [5, 5.41) is 7.23. The van der Waals surface area contributed by atoms with E-state index in [0.29, 0.717) is 6.42 Å². The van der Waals surface area contributed by atoms with E-state index in [0.717, 1.165) is 50.9 Å². The average Bonchev–Trinajstić information content (AvgIpc) is 2.98. The number of aromatic nitrogens is 1. The number of piperazine rings is 1. The largest absolute Gasteiger partial charge is 0.364 e. The van der Waals surface area contributed by atoms with Crippen LogP contribution in [0.4, 0.5) is 0 Å². The Kier molecular flexibility index (Phi) is 8.15. The maximum absolute atomic E-state index is 5.25. The smallest absolute Gasteiger partial charge is 0.193 e. The van der Waals surface area contributed by atoms with Crippen LogP contribution in [0.15, 0.2) is 21.8 Å². The topological polar surface area (TPSA) is 56.9 Å². The minimum Gasteiger partial charge on any atom is -0.364 e. The first-order valence-electron chi connectivity index (χ1n) is 6.84. The van der Waals surface area contributed by atoms with Crippen molar-refractivity contribution in [2.75, 3.05) is 39.8 Å². The maximum Gasteiger partial charge on any atom is 0.193 e. The fraction of sp³-hybridized carbons (Fsp3) is 0.571. The first-order chi connectivity index (χ1) is 9.83. The molecule has 1 saturated heterocycles. The van der Waals surface area contributed by atoms with Gasteiger partial charge >= 0.3 is 0 Å². The fourth-order valence-corrected chi connectivity index (χ4v) is 2.24. The van der Waals surface area contributed by atoms with E-state index in [2.05, 4.69) is 31.2 Å². The van der Waals surface area contributed by atoms with Crippen LogP contribution in [0.2, 0.25) is 0 Å². The second kappa shape index (κ2) is 9.63. The summed E-state index contributed by atoms with van der Waals surface area (Å²) >= 11 is 0. The summed E-state index contributed by atoms with van der Waals surface area (Å²) in [6.07, 6.45) is 7.58. The van der Waals surface area contributed by atoms with Gasteiger partial charge in [-0.3, -0.25) is 9.89 Å². The first-order valence-corrected chi connectivity index (χ1v) is 6.84. The van der Waals surface area contributed by atoms with Crippen LogP contribution in [-0.4, -0.2) is 60.7 Å². The van der Waals surface area contributed by atoms with Gasteiger partial charge in [0.25, 0.3) is 0 Å². The molecule has 6 nitrogen and oxygen atoms in total. The lowest BCUT2D eigenvalue weighted by Crippen LogP contribution is -2.52. The van der Waals surface area contributed by atoms with E-state index in [1.807, 2.05) is 6.07 Å². The molecule has 116 valence electrons. The zero-order valence-corrected chi connectivity index (χ0v) is 14.6. The highest BCUT2D eigenvalue weighted by Crippen LogP contribution is 2.07. The van der Waals surface area contributed by atoms with Crippen LogP contribution in [0.3, 0.4) is 0 Å². The van der Waals surface area contributed by atoms with E-state index in [9.17, 15) is 0 Å². The predicted octanol–water partition coefficient (Wildman–Crippen LogP) is 1.01. The van der Waals surface area contributed by atoms with Crippen LogP contribution < -0.4 is 5.32 Å². The second-order valence-electron chi connectivity index (χ2n) is 4.68. The Hall–Kier alpha value is -1.27. The Morgan fingerprint density at radius 2 is 2.24 bits per heavy atom. The van der Waals surface area contributed by atoms with Crippen LogP contribution in [0.25, 0.3) is 0 Å². The van der Waals surface area contributed by atoms with Gasteiger partial charge in [-0.2, -0.15) is 0 Å². The molecule has 0 atom stereocenters. The van der Waals surface area contributed by atoms with Gasteiger partial charge in [0, 0.05) is 58.8 Å². The summed E-state index contributed by atoms with van der Waals surface area (Å²) in [6.45, 7) is 5.49. The minimum atomic E-state index is 0. The number of nitrogens with zero attached hydrogens (tertiary/aromatic N) is 4. The fourth-order valence-electron chi connectivity index (χ4n) is 2.24. The third-order valence-electron chi connectivity index (χ3n) is 3.31. The minimum absolute atomic E-state index is 0. The molecule has 1 N–H and O–H groups in total. The molecule has 1 aromatic heterocycles. The van der Waals surface area contributed by atoms with Crippen LogP contribution in [0.5, 0.6) is 0 Å². The van der Waals surface area contributed by atoms with Gasteiger partial charge in [0.1, 0.15) is 6.26 Å². The second-order valence-corrected chi connectivity index (χ2v) is 4.68. The summed E-state index contributed by atoms with van der Waals surface area (Å²) in [5.41, 5.74) is 0.981. The highest BCUT2D eigenvalue weighted by atomic mass is 127. The Balaban J connectivity index is 0.00000220. The summed E-state index contributed by atoms with van der Waals surface area (Å²) in [7, 11) is 1.81. The van der Waals surface area contributed by atoms with Gasteiger partial charge < -0.3 is 14.7 Å². The zero-order chi connectivity index (χ0) is 14.2. The number of aliphatic imine (C=N–C) groups is 1. The lowest BCUT2D eigenvalue weighted by atomic mass is 10.3. The first kappa shape index (κ1) is 17.8. The van der Waals surface area contributed by atoms with E-state index in [1.165, 1.54) is 0 Å². The van der Waals surface area contributed by atoms with Crippen molar-refractivity contribution in [2.45, 2.75) is 13.0 Å². The zero-order valence-electron chi connectivity index (χ0n) is 12.3. The molecule has 21 heavy (non-hydrogen) atoms. The van der Waals surface area contributed by atoms with E-state index in [-0.39, 0.29) is 24.0 Å². The molecule has 0 saturated carbocycles. The van der Waals surface area contributed by atoms with Gasteiger partial charge in [-0.25, -0.2) is 0 Å². The van der Waals surface area contributed by atoms with E-state index >= 15 is 0 Å². The molecule has 0 unspecified atom stereocenters. The standard InChI is InChI=1S/C14H21N5O.HI/c1-3-4-6-16-14(15-2)19-9-7-18(8-10-19)12-13-5-11-20-17-13;/h1,5,11H,4,6-10,12H2,2H3,(H,15,16);1H. The van der Waals surface area contributed by atoms with Crippen molar-refractivity contribution in [3.63, 3.8) is 0 Å². The highest BCUT2D eigenvalue weighted by Gasteiger charge is 2.19. The maximum atomic E-state index is 5.25. The third kappa shape index (κ3) is 5.55. The molecule has 0 spiro atoms. The van der Waals surface area contributed by atoms with Crippen LogP contribution in [0, 0.1) is 12.3 Å². The molecule has 0 radical (unpaired) electrons. The van der Waals surface area contributed by atoms with Crippen molar-refractivity contribution in [1.29, 1.82) is 0 Å². The third-order valence-corrected chi connectivity index (χ3v) is 3.31. The van der Waals surface area contributed by atoms with E-state index in [1.54, 1.807) is 13.3 Å². The van der Waals surface area contributed by atoms with E-state index in [4.69, 9.17) is 10.9 Å². The number of rotatable bonds is 4.